The zero-order chi connectivity index (χ0) is 12.1. The molecule has 2 rings (SSSR count). The molecule has 0 unspecified atom stereocenters. The van der Waals surface area contributed by atoms with Crippen LogP contribution in [0, 0.1) is 0 Å². The number of nitrogens with one attached hydrogen (secondary N) is 1. The van der Waals surface area contributed by atoms with E-state index in [-0.39, 0.29) is 11.7 Å². The lowest BCUT2D eigenvalue weighted by molar-refractivity contribution is -0.130. The molecule has 0 atom stereocenters. The number of fused-ring (bicyclic) bond motifs is 1. The molecule has 0 saturated heterocycles. The lowest BCUT2D eigenvalue weighted by Crippen LogP contribution is -2.25. The van der Waals surface area contributed by atoms with E-state index < -0.39 is 0 Å². The molecular formula is C11H12N2O3S. The van der Waals surface area contributed by atoms with Crippen molar-refractivity contribution in [3.05, 3.63) is 24.3 Å². The lowest BCUT2D eigenvalue weighted by atomic mass is 10.3. The highest BCUT2D eigenvalue weighted by Gasteiger charge is 2.08. The SMILES string of the molecule is CCONC(=O)CSc1nc2ccccc2o1. The minimum Gasteiger partial charge on any atom is -0.431 e. The molecule has 1 aromatic carbocycles. The van der Waals surface area contributed by atoms with Crippen LogP contribution < -0.4 is 5.48 Å². The number of carbonyl (C=O) groups is 1. The molecule has 1 aromatic heterocycles. The highest BCUT2D eigenvalue weighted by atomic mass is 32.2. The van der Waals surface area contributed by atoms with Crippen molar-refractivity contribution in [1.29, 1.82) is 0 Å². The van der Waals surface area contributed by atoms with Gasteiger partial charge in [-0.25, -0.2) is 10.5 Å². The van der Waals surface area contributed by atoms with E-state index in [1.807, 2.05) is 24.3 Å². The molecule has 0 aliphatic rings. The van der Waals surface area contributed by atoms with Crippen LogP contribution in [0.3, 0.4) is 0 Å². The van der Waals surface area contributed by atoms with Crippen molar-refractivity contribution in [2.75, 3.05) is 12.4 Å². The van der Waals surface area contributed by atoms with Crippen molar-refractivity contribution in [2.45, 2.75) is 12.1 Å². The third kappa shape index (κ3) is 3.21. The van der Waals surface area contributed by atoms with Gasteiger partial charge in [0.25, 0.3) is 11.1 Å². The van der Waals surface area contributed by atoms with Crippen LogP contribution in [-0.4, -0.2) is 23.3 Å². The number of benzene rings is 1. The van der Waals surface area contributed by atoms with Crippen LogP contribution in [0.5, 0.6) is 0 Å². The van der Waals surface area contributed by atoms with Gasteiger partial charge in [0.15, 0.2) is 5.58 Å². The van der Waals surface area contributed by atoms with E-state index in [4.69, 9.17) is 9.25 Å². The molecule has 0 fully saturated rings. The topological polar surface area (TPSA) is 64.4 Å². The molecular weight excluding hydrogens is 240 g/mol. The molecule has 2 aromatic rings. The van der Waals surface area contributed by atoms with Crippen LogP contribution in [0.4, 0.5) is 0 Å². The second-order valence-corrected chi connectivity index (χ2v) is 4.12. The molecule has 0 bridgehead atoms. The normalized spacial score (nSPS) is 10.6. The summed E-state index contributed by atoms with van der Waals surface area (Å²) in [7, 11) is 0. The van der Waals surface area contributed by atoms with Crippen LogP contribution in [0.2, 0.25) is 0 Å². The minimum absolute atomic E-state index is 0.209. The number of hydrogen-bond acceptors (Lipinski definition) is 5. The van der Waals surface area contributed by atoms with Crippen LogP contribution >= 0.6 is 11.8 Å². The standard InChI is InChI=1S/C11H12N2O3S/c1-2-15-13-10(14)7-17-11-12-8-5-3-4-6-9(8)16-11/h3-6H,2,7H2,1H3,(H,13,14). The first-order valence-corrected chi connectivity index (χ1v) is 6.17. The van der Waals surface area contributed by atoms with Gasteiger partial charge in [0.1, 0.15) is 5.52 Å². The lowest BCUT2D eigenvalue weighted by Gasteiger charge is -2.00. The average Bonchev–Trinajstić information content (AvgIpc) is 2.76. The summed E-state index contributed by atoms with van der Waals surface area (Å²) in [6.45, 7) is 2.24. The molecule has 6 heteroatoms. The highest BCUT2D eigenvalue weighted by Crippen LogP contribution is 2.22. The van der Waals surface area contributed by atoms with E-state index in [0.717, 1.165) is 11.1 Å². The number of hydroxylamine groups is 1. The summed E-state index contributed by atoms with van der Waals surface area (Å²) in [5.74, 6) is 0.00594. The predicted molar refractivity (Wildman–Crippen MR) is 64.5 cm³/mol. The molecule has 0 aliphatic heterocycles. The quantitative estimate of drug-likeness (QED) is 0.651. The van der Waals surface area contributed by atoms with Crippen molar-refractivity contribution >= 4 is 28.8 Å². The number of rotatable bonds is 5. The number of para-hydroxylation sites is 2. The summed E-state index contributed by atoms with van der Waals surface area (Å²) < 4.78 is 5.45. The van der Waals surface area contributed by atoms with E-state index in [2.05, 4.69) is 10.5 Å². The molecule has 1 heterocycles. The van der Waals surface area contributed by atoms with Crippen molar-refractivity contribution < 1.29 is 14.0 Å². The number of amides is 1. The first kappa shape index (κ1) is 11.9. The fraction of sp³-hybridized carbons (Fsp3) is 0.273. The maximum absolute atomic E-state index is 11.3. The molecule has 0 spiro atoms. The zero-order valence-corrected chi connectivity index (χ0v) is 10.1. The van der Waals surface area contributed by atoms with Crippen molar-refractivity contribution in [3.63, 3.8) is 0 Å². The Morgan fingerprint density at radius 3 is 3.12 bits per heavy atom. The Balaban J connectivity index is 1.92. The first-order valence-electron chi connectivity index (χ1n) is 5.18. The largest absolute Gasteiger partial charge is 0.431 e. The molecule has 1 amide bonds. The van der Waals surface area contributed by atoms with Gasteiger partial charge >= 0.3 is 0 Å². The molecule has 0 aliphatic carbocycles. The van der Waals surface area contributed by atoms with Gasteiger partial charge in [0.05, 0.1) is 12.4 Å². The molecule has 0 saturated carbocycles. The van der Waals surface area contributed by atoms with Crippen molar-refractivity contribution in [3.8, 4) is 0 Å². The van der Waals surface area contributed by atoms with Crippen LogP contribution in [-0.2, 0) is 9.63 Å². The average molecular weight is 252 g/mol. The summed E-state index contributed by atoms with van der Waals surface area (Å²) in [5, 5.41) is 0.484. The van der Waals surface area contributed by atoms with E-state index in [9.17, 15) is 4.79 Å². The van der Waals surface area contributed by atoms with Gasteiger partial charge in [-0.1, -0.05) is 23.9 Å². The van der Waals surface area contributed by atoms with Gasteiger partial charge in [-0.05, 0) is 19.1 Å². The second-order valence-electron chi connectivity index (χ2n) is 3.19. The Morgan fingerprint density at radius 2 is 2.35 bits per heavy atom. The predicted octanol–water partition coefficient (Wildman–Crippen LogP) is 1.99. The first-order chi connectivity index (χ1) is 8.29. The van der Waals surface area contributed by atoms with E-state index in [1.165, 1.54) is 11.8 Å². The molecule has 17 heavy (non-hydrogen) atoms. The van der Waals surface area contributed by atoms with Crippen LogP contribution in [0.15, 0.2) is 33.9 Å². The minimum atomic E-state index is -0.209. The van der Waals surface area contributed by atoms with Crippen molar-refractivity contribution in [1.82, 2.24) is 10.5 Å². The third-order valence-electron chi connectivity index (χ3n) is 1.93. The Hall–Kier alpha value is -1.53. The van der Waals surface area contributed by atoms with E-state index in [1.54, 1.807) is 6.92 Å². The third-order valence-corrected chi connectivity index (χ3v) is 2.76. The zero-order valence-electron chi connectivity index (χ0n) is 9.30. The number of carbonyl (C=O) groups excluding carboxylic acids is 1. The summed E-state index contributed by atoms with van der Waals surface area (Å²) in [5.41, 5.74) is 3.82. The Kier molecular flexibility index (Phi) is 4.00. The number of hydrogen-bond donors (Lipinski definition) is 1. The van der Waals surface area contributed by atoms with Gasteiger partial charge in [-0.2, -0.15) is 0 Å². The number of oxazole rings is 1. The Morgan fingerprint density at radius 1 is 1.53 bits per heavy atom. The molecule has 1 N–H and O–H groups in total. The fourth-order valence-corrected chi connectivity index (χ4v) is 1.85. The summed E-state index contributed by atoms with van der Waals surface area (Å²) in [4.78, 5) is 20.3. The number of aromatic nitrogens is 1. The summed E-state index contributed by atoms with van der Waals surface area (Å²) in [6, 6.07) is 7.47. The van der Waals surface area contributed by atoms with Gasteiger partial charge in [-0.15, -0.1) is 0 Å². The summed E-state index contributed by atoms with van der Waals surface area (Å²) >= 11 is 1.23. The van der Waals surface area contributed by atoms with Gasteiger partial charge in [0, 0.05) is 0 Å². The monoisotopic (exact) mass is 252 g/mol. The van der Waals surface area contributed by atoms with E-state index in [0.29, 0.717) is 11.8 Å². The summed E-state index contributed by atoms with van der Waals surface area (Å²) in [6.07, 6.45) is 0. The maximum atomic E-state index is 11.3. The maximum Gasteiger partial charge on any atom is 0.257 e. The number of thioether (sulfide) groups is 1. The van der Waals surface area contributed by atoms with Gasteiger partial charge in [-0.3, -0.25) is 9.63 Å². The molecule has 5 nitrogen and oxygen atoms in total. The smallest absolute Gasteiger partial charge is 0.257 e. The van der Waals surface area contributed by atoms with Crippen molar-refractivity contribution in [2.24, 2.45) is 0 Å². The molecule has 0 radical (unpaired) electrons. The van der Waals surface area contributed by atoms with Gasteiger partial charge < -0.3 is 4.42 Å². The second kappa shape index (κ2) is 5.70. The Bertz CT molecular complexity index is 479. The van der Waals surface area contributed by atoms with Crippen LogP contribution in [0.1, 0.15) is 6.92 Å². The Labute approximate surface area is 102 Å². The number of nitrogens with zero attached hydrogens (tertiary/aromatic N) is 1. The molecule has 90 valence electrons. The highest BCUT2D eigenvalue weighted by molar-refractivity contribution is 7.99. The fourth-order valence-electron chi connectivity index (χ4n) is 1.22. The van der Waals surface area contributed by atoms with E-state index >= 15 is 0 Å². The van der Waals surface area contributed by atoms with Crippen LogP contribution in [0.25, 0.3) is 11.1 Å². The van der Waals surface area contributed by atoms with Gasteiger partial charge in [0.2, 0.25) is 0 Å².